The highest BCUT2D eigenvalue weighted by molar-refractivity contribution is 5.79. The minimum absolute atomic E-state index is 0.279. The van der Waals surface area contributed by atoms with Gasteiger partial charge in [-0.05, 0) is 31.7 Å². The van der Waals surface area contributed by atoms with Crippen molar-refractivity contribution in [1.82, 2.24) is 9.78 Å². The Bertz CT molecular complexity index is 450. The van der Waals surface area contributed by atoms with Crippen molar-refractivity contribution >= 4 is 5.78 Å². The monoisotopic (exact) mass is 262 g/mol. The molecule has 2 aliphatic carbocycles. The molecule has 2 fully saturated rings. The summed E-state index contributed by atoms with van der Waals surface area (Å²) in [6.07, 6.45) is 9.87. The zero-order valence-corrected chi connectivity index (χ0v) is 11.3. The largest absolute Gasteiger partial charge is 0.389 e. The highest BCUT2D eigenvalue weighted by Gasteiger charge is 2.33. The van der Waals surface area contributed by atoms with Gasteiger partial charge in [0, 0.05) is 25.5 Å². The van der Waals surface area contributed by atoms with Gasteiger partial charge in [0.15, 0.2) is 0 Å². The van der Waals surface area contributed by atoms with Crippen LogP contribution in [0.5, 0.6) is 0 Å². The third-order valence-corrected chi connectivity index (χ3v) is 4.61. The second kappa shape index (κ2) is 5.08. The first-order valence-electron chi connectivity index (χ1n) is 7.43. The molecule has 1 aromatic rings. The highest BCUT2D eigenvalue weighted by atomic mass is 16.3. The third kappa shape index (κ3) is 2.89. The average molecular weight is 262 g/mol. The zero-order chi connectivity index (χ0) is 13.3. The third-order valence-electron chi connectivity index (χ3n) is 4.61. The van der Waals surface area contributed by atoms with Gasteiger partial charge in [0.2, 0.25) is 0 Å². The Kier molecular flexibility index (Phi) is 3.44. The minimum Gasteiger partial charge on any atom is -0.389 e. The molecule has 2 aliphatic rings. The van der Waals surface area contributed by atoms with Crippen LogP contribution < -0.4 is 0 Å². The Labute approximate surface area is 113 Å². The van der Waals surface area contributed by atoms with Crippen LogP contribution in [0.15, 0.2) is 12.3 Å². The summed E-state index contributed by atoms with van der Waals surface area (Å²) in [4.78, 5) is 11.3. The van der Waals surface area contributed by atoms with Crippen LogP contribution in [0.4, 0.5) is 0 Å². The van der Waals surface area contributed by atoms with Crippen LogP contribution in [-0.2, 0) is 11.2 Å². The van der Waals surface area contributed by atoms with Crippen LogP contribution in [0.25, 0.3) is 0 Å². The van der Waals surface area contributed by atoms with Gasteiger partial charge in [-0.1, -0.05) is 12.8 Å². The summed E-state index contributed by atoms with van der Waals surface area (Å²) in [6.45, 7) is 0. The quantitative estimate of drug-likeness (QED) is 0.910. The Hall–Kier alpha value is -1.16. The molecule has 1 N–H and O–H groups in total. The molecule has 0 aliphatic heterocycles. The van der Waals surface area contributed by atoms with Gasteiger partial charge in [-0.25, -0.2) is 0 Å². The molecule has 0 saturated heterocycles. The van der Waals surface area contributed by atoms with E-state index in [0.29, 0.717) is 38.1 Å². The first-order valence-corrected chi connectivity index (χ1v) is 7.43. The average Bonchev–Trinajstić information content (AvgIpc) is 3.03. The molecule has 1 heterocycles. The molecule has 4 nitrogen and oxygen atoms in total. The molecule has 0 atom stereocenters. The number of carbonyl (C=O) groups excluding carboxylic acids is 1. The van der Waals surface area contributed by atoms with Crippen LogP contribution in [-0.4, -0.2) is 26.3 Å². The maximum absolute atomic E-state index is 11.3. The summed E-state index contributed by atoms with van der Waals surface area (Å²) in [5, 5.41) is 15.1. The van der Waals surface area contributed by atoms with E-state index in [1.807, 2.05) is 12.3 Å². The number of Topliss-reactive ketones (excluding diaryl/α,β-unsaturated/α-hetero) is 1. The lowest BCUT2D eigenvalue weighted by atomic mass is 9.81. The number of aliphatic hydroxyl groups is 1. The van der Waals surface area contributed by atoms with E-state index in [2.05, 4.69) is 9.78 Å². The molecule has 0 aromatic carbocycles. The Morgan fingerprint density at radius 3 is 2.68 bits per heavy atom. The van der Waals surface area contributed by atoms with Crippen molar-refractivity contribution in [3.8, 4) is 0 Å². The molecule has 2 saturated carbocycles. The second-order valence-corrected chi connectivity index (χ2v) is 6.17. The lowest BCUT2D eigenvalue weighted by Gasteiger charge is -2.30. The number of aromatic nitrogens is 2. The van der Waals surface area contributed by atoms with E-state index in [4.69, 9.17) is 0 Å². The van der Waals surface area contributed by atoms with Crippen LogP contribution in [0, 0.1) is 0 Å². The predicted octanol–water partition coefficient (Wildman–Crippen LogP) is 2.41. The smallest absolute Gasteiger partial charge is 0.133 e. The maximum Gasteiger partial charge on any atom is 0.133 e. The normalized spacial score (nSPS) is 23.9. The molecular weight excluding hydrogens is 240 g/mol. The van der Waals surface area contributed by atoms with E-state index in [1.54, 1.807) is 0 Å². The first-order chi connectivity index (χ1) is 9.15. The summed E-state index contributed by atoms with van der Waals surface area (Å²) < 4.78 is 2.07. The summed E-state index contributed by atoms with van der Waals surface area (Å²) in [7, 11) is 0. The van der Waals surface area contributed by atoms with Crippen molar-refractivity contribution in [2.45, 2.75) is 69.4 Å². The summed E-state index contributed by atoms with van der Waals surface area (Å²) in [5.74, 6) is 0.279. The molecule has 0 amide bonds. The molecule has 0 unspecified atom stereocenters. The van der Waals surface area contributed by atoms with E-state index >= 15 is 0 Å². The van der Waals surface area contributed by atoms with Crippen molar-refractivity contribution in [2.75, 3.05) is 0 Å². The molecule has 0 spiro atoms. The van der Waals surface area contributed by atoms with E-state index in [1.165, 1.54) is 25.7 Å². The Balaban J connectivity index is 1.64. The fourth-order valence-corrected chi connectivity index (χ4v) is 3.35. The van der Waals surface area contributed by atoms with Gasteiger partial charge in [0.25, 0.3) is 0 Å². The summed E-state index contributed by atoms with van der Waals surface area (Å²) >= 11 is 0. The highest BCUT2D eigenvalue weighted by Crippen LogP contribution is 2.31. The molecule has 3 rings (SSSR count). The number of ketones is 1. The molecule has 1 aromatic heterocycles. The van der Waals surface area contributed by atoms with Crippen molar-refractivity contribution in [3.63, 3.8) is 0 Å². The fourth-order valence-electron chi connectivity index (χ4n) is 3.35. The van der Waals surface area contributed by atoms with E-state index in [0.717, 1.165) is 5.69 Å². The minimum atomic E-state index is -0.719. The molecule has 0 radical (unpaired) electrons. The van der Waals surface area contributed by atoms with Gasteiger partial charge < -0.3 is 5.11 Å². The predicted molar refractivity (Wildman–Crippen MR) is 71.9 cm³/mol. The van der Waals surface area contributed by atoms with Crippen molar-refractivity contribution in [2.24, 2.45) is 0 Å². The Morgan fingerprint density at radius 2 is 2.00 bits per heavy atom. The molecule has 4 heteroatoms. The fraction of sp³-hybridized carbons (Fsp3) is 0.733. The number of carbonyl (C=O) groups is 1. The standard InChI is InChI=1S/C15H22N2O2/c18-14-5-8-15(19,9-6-14)11-12-7-10-17(16-12)13-3-1-2-4-13/h7,10,13,19H,1-6,8-9,11H2. The number of hydrogen-bond acceptors (Lipinski definition) is 3. The molecule has 0 bridgehead atoms. The van der Waals surface area contributed by atoms with Crippen LogP contribution in [0.2, 0.25) is 0 Å². The second-order valence-electron chi connectivity index (χ2n) is 6.17. The van der Waals surface area contributed by atoms with E-state index in [9.17, 15) is 9.90 Å². The van der Waals surface area contributed by atoms with Gasteiger partial charge in [0.1, 0.15) is 5.78 Å². The van der Waals surface area contributed by atoms with Gasteiger partial charge >= 0.3 is 0 Å². The van der Waals surface area contributed by atoms with Gasteiger partial charge in [0.05, 0.1) is 17.3 Å². The van der Waals surface area contributed by atoms with Gasteiger partial charge in [-0.3, -0.25) is 9.48 Å². The topological polar surface area (TPSA) is 55.1 Å². The lowest BCUT2D eigenvalue weighted by Crippen LogP contribution is -2.36. The number of nitrogens with zero attached hydrogens (tertiary/aromatic N) is 2. The molecule has 104 valence electrons. The van der Waals surface area contributed by atoms with E-state index < -0.39 is 5.60 Å². The summed E-state index contributed by atoms with van der Waals surface area (Å²) in [5.41, 5.74) is 0.242. The number of hydrogen-bond donors (Lipinski definition) is 1. The SMILES string of the molecule is O=C1CCC(O)(Cc2ccn(C3CCCC3)n2)CC1. The van der Waals surface area contributed by atoms with Crippen LogP contribution in [0.3, 0.4) is 0 Å². The maximum atomic E-state index is 11.3. The Morgan fingerprint density at radius 1 is 1.32 bits per heavy atom. The van der Waals surface area contributed by atoms with Crippen molar-refractivity contribution in [1.29, 1.82) is 0 Å². The summed E-state index contributed by atoms with van der Waals surface area (Å²) in [6, 6.07) is 2.57. The number of rotatable bonds is 3. The van der Waals surface area contributed by atoms with Gasteiger partial charge in [-0.15, -0.1) is 0 Å². The van der Waals surface area contributed by atoms with E-state index in [-0.39, 0.29) is 5.78 Å². The van der Waals surface area contributed by atoms with Crippen LogP contribution >= 0.6 is 0 Å². The first kappa shape index (κ1) is 12.9. The molecular formula is C15H22N2O2. The van der Waals surface area contributed by atoms with Crippen molar-refractivity contribution < 1.29 is 9.90 Å². The lowest BCUT2D eigenvalue weighted by molar-refractivity contribution is -0.125. The van der Waals surface area contributed by atoms with Gasteiger partial charge in [-0.2, -0.15) is 5.10 Å². The zero-order valence-electron chi connectivity index (χ0n) is 11.3. The molecule has 19 heavy (non-hydrogen) atoms. The van der Waals surface area contributed by atoms with Crippen molar-refractivity contribution in [3.05, 3.63) is 18.0 Å². The van der Waals surface area contributed by atoms with Crippen LogP contribution in [0.1, 0.15) is 63.1 Å².